The second-order valence-electron chi connectivity index (χ2n) is 8.79. The molecule has 0 heterocycles. The van der Waals surface area contributed by atoms with Crippen LogP contribution in [0.5, 0.6) is 0 Å². The van der Waals surface area contributed by atoms with Crippen LogP contribution in [-0.2, 0) is 0 Å². The zero-order valence-corrected chi connectivity index (χ0v) is 14.9. The zero-order chi connectivity index (χ0) is 17.7. The first-order valence-electron chi connectivity index (χ1n) is 9.22. The lowest BCUT2D eigenvalue weighted by Crippen LogP contribution is -2.59. The number of hydrogen-bond acceptors (Lipinski definition) is 4. The van der Waals surface area contributed by atoms with Crippen molar-refractivity contribution in [1.29, 1.82) is 0 Å². The summed E-state index contributed by atoms with van der Waals surface area (Å²) in [5.74, 6) is 0.392. The molecular weight excluding hydrogens is 304 g/mol. The first-order chi connectivity index (χ1) is 11.3. The highest BCUT2D eigenvalue weighted by Gasteiger charge is 2.59. The molecule has 0 amide bonds. The molecule has 0 radical (unpaired) electrons. The number of aliphatic hydroxyl groups excluding tert-OH is 4. The van der Waals surface area contributed by atoms with E-state index < -0.39 is 17.6 Å². The molecule has 0 aromatic heterocycles. The largest absolute Gasteiger partial charge is 0.396 e. The van der Waals surface area contributed by atoms with Crippen molar-refractivity contribution in [3.8, 4) is 0 Å². The predicted molar refractivity (Wildman–Crippen MR) is 93.2 cm³/mol. The van der Waals surface area contributed by atoms with E-state index in [4.69, 9.17) is 0 Å². The van der Waals surface area contributed by atoms with E-state index in [2.05, 4.69) is 19.6 Å². The summed E-state index contributed by atoms with van der Waals surface area (Å²) in [5, 5.41) is 40.8. The number of hydrogen-bond donors (Lipinski definition) is 4. The molecule has 136 valence electrons. The van der Waals surface area contributed by atoms with Gasteiger partial charge in [0.05, 0.1) is 25.4 Å². The molecule has 2 fully saturated rings. The highest BCUT2D eigenvalue weighted by molar-refractivity contribution is 5.27. The fourth-order valence-corrected chi connectivity index (χ4v) is 6.02. The van der Waals surface area contributed by atoms with Gasteiger partial charge in [-0.1, -0.05) is 32.1 Å². The Kier molecular flexibility index (Phi) is 4.71. The molecule has 0 bridgehead atoms. The molecule has 0 unspecified atom stereocenters. The summed E-state index contributed by atoms with van der Waals surface area (Å²) in [7, 11) is 0. The number of allylic oxidation sites excluding steroid dienone is 1. The molecule has 4 nitrogen and oxygen atoms in total. The van der Waals surface area contributed by atoms with Crippen LogP contribution in [0.4, 0.5) is 0 Å². The summed E-state index contributed by atoms with van der Waals surface area (Å²) < 4.78 is 0. The van der Waals surface area contributed by atoms with Crippen molar-refractivity contribution in [1.82, 2.24) is 0 Å². The van der Waals surface area contributed by atoms with Crippen molar-refractivity contribution in [2.24, 2.45) is 28.6 Å². The van der Waals surface area contributed by atoms with Crippen LogP contribution in [0.1, 0.15) is 46.0 Å². The lowest BCUT2D eigenvalue weighted by molar-refractivity contribution is -0.161. The molecule has 3 aliphatic rings. The smallest absolute Gasteiger partial charge is 0.0641 e. The Bertz CT molecular complexity index is 542. The second kappa shape index (κ2) is 6.24. The van der Waals surface area contributed by atoms with Gasteiger partial charge in [0.1, 0.15) is 0 Å². The van der Waals surface area contributed by atoms with Gasteiger partial charge in [-0.05, 0) is 54.9 Å². The summed E-state index contributed by atoms with van der Waals surface area (Å²) >= 11 is 0. The van der Waals surface area contributed by atoms with E-state index in [0.717, 1.165) is 24.8 Å². The van der Waals surface area contributed by atoms with E-state index in [1.807, 2.05) is 6.92 Å². The molecule has 0 spiro atoms. The van der Waals surface area contributed by atoms with Crippen LogP contribution >= 0.6 is 0 Å². The van der Waals surface area contributed by atoms with Crippen molar-refractivity contribution in [3.63, 3.8) is 0 Å². The molecule has 0 saturated heterocycles. The molecule has 7 atom stereocenters. The third kappa shape index (κ3) is 2.50. The summed E-state index contributed by atoms with van der Waals surface area (Å²) in [5.41, 5.74) is 1.47. The monoisotopic (exact) mass is 336 g/mol. The van der Waals surface area contributed by atoms with Gasteiger partial charge in [0.2, 0.25) is 0 Å². The lowest BCUT2D eigenvalue weighted by Gasteiger charge is -2.61. The van der Waals surface area contributed by atoms with E-state index in [-0.39, 0.29) is 36.4 Å². The van der Waals surface area contributed by atoms with E-state index >= 15 is 0 Å². The maximum Gasteiger partial charge on any atom is 0.0641 e. The summed E-state index contributed by atoms with van der Waals surface area (Å²) in [6, 6.07) is 0. The molecule has 4 heteroatoms. The van der Waals surface area contributed by atoms with Crippen LogP contribution in [0, 0.1) is 28.6 Å². The van der Waals surface area contributed by atoms with Gasteiger partial charge in [0.15, 0.2) is 0 Å². The molecule has 0 aliphatic heterocycles. The minimum Gasteiger partial charge on any atom is -0.396 e. The average Bonchev–Trinajstić information content (AvgIpc) is 2.57. The van der Waals surface area contributed by atoms with E-state index in [1.54, 1.807) is 0 Å². The van der Waals surface area contributed by atoms with Gasteiger partial charge >= 0.3 is 0 Å². The van der Waals surface area contributed by atoms with Crippen LogP contribution in [-0.4, -0.2) is 45.8 Å². The van der Waals surface area contributed by atoms with Crippen LogP contribution in [0.15, 0.2) is 23.8 Å². The van der Waals surface area contributed by atoms with Gasteiger partial charge in [0.25, 0.3) is 0 Å². The Morgan fingerprint density at radius 1 is 1.29 bits per heavy atom. The van der Waals surface area contributed by atoms with Crippen molar-refractivity contribution in [3.05, 3.63) is 23.8 Å². The minimum atomic E-state index is -0.514. The normalized spacial score (nSPS) is 48.2. The number of aliphatic hydroxyl groups is 4. The fraction of sp³-hybridized carbons (Fsp3) is 0.800. The SMILES string of the molecule is C=C(CO)[C@H]1CC2=CC[C@@H]3[C@@](C)(CO)[C@H](O)CC[C@@]3(C)[C@@H]2[C@@H](O)C1. The molecule has 3 aliphatic carbocycles. The fourth-order valence-electron chi connectivity index (χ4n) is 6.02. The molecule has 4 N–H and O–H groups in total. The van der Waals surface area contributed by atoms with Gasteiger partial charge in [-0.2, -0.15) is 0 Å². The third-order valence-electron chi connectivity index (χ3n) is 7.55. The van der Waals surface area contributed by atoms with E-state index in [1.165, 1.54) is 5.57 Å². The van der Waals surface area contributed by atoms with Gasteiger partial charge in [-0.3, -0.25) is 0 Å². The van der Waals surface area contributed by atoms with E-state index in [0.29, 0.717) is 12.8 Å². The Morgan fingerprint density at radius 2 is 2.00 bits per heavy atom. The van der Waals surface area contributed by atoms with Crippen LogP contribution in [0.25, 0.3) is 0 Å². The van der Waals surface area contributed by atoms with Gasteiger partial charge in [0, 0.05) is 11.3 Å². The summed E-state index contributed by atoms with van der Waals surface area (Å²) in [4.78, 5) is 0. The van der Waals surface area contributed by atoms with Crippen LogP contribution < -0.4 is 0 Å². The van der Waals surface area contributed by atoms with Crippen molar-refractivity contribution >= 4 is 0 Å². The summed E-state index contributed by atoms with van der Waals surface area (Å²) in [6.45, 7) is 8.14. The van der Waals surface area contributed by atoms with Crippen LogP contribution in [0.3, 0.4) is 0 Å². The Morgan fingerprint density at radius 3 is 2.62 bits per heavy atom. The first-order valence-corrected chi connectivity index (χ1v) is 9.22. The zero-order valence-electron chi connectivity index (χ0n) is 14.9. The lowest BCUT2D eigenvalue weighted by atomic mass is 9.45. The van der Waals surface area contributed by atoms with Crippen molar-refractivity contribution < 1.29 is 20.4 Å². The summed E-state index contributed by atoms with van der Waals surface area (Å²) in [6.07, 6.45) is 5.17. The molecule has 0 aromatic rings. The molecule has 24 heavy (non-hydrogen) atoms. The Balaban J connectivity index is 1.96. The van der Waals surface area contributed by atoms with Crippen molar-refractivity contribution in [2.75, 3.05) is 13.2 Å². The quantitative estimate of drug-likeness (QED) is 0.595. The number of rotatable bonds is 3. The standard InChI is InChI=1S/C20H32O4/c1-12(10-21)14-8-13-4-5-16-19(2,18(13)15(23)9-14)7-6-17(24)20(16,3)11-22/h4,14-18,21-24H,1,5-11H2,2-3H3/t14-,15-,16-,17+,18-,19+,20+/m0/s1. The van der Waals surface area contributed by atoms with Gasteiger partial charge < -0.3 is 20.4 Å². The first kappa shape index (κ1) is 18.1. The topological polar surface area (TPSA) is 80.9 Å². The highest BCUT2D eigenvalue weighted by Crippen LogP contribution is 2.62. The van der Waals surface area contributed by atoms with Gasteiger partial charge in [-0.25, -0.2) is 0 Å². The maximum absolute atomic E-state index is 10.9. The molecule has 0 aromatic carbocycles. The third-order valence-corrected chi connectivity index (χ3v) is 7.55. The van der Waals surface area contributed by atoms with Crippen molar-refractivity contribution in [2.45, 2.75) is 58.2 Å². The maximum atomic E-state index is 10.9. The Hall–Kier alpha value is -0.680. The molecule has 3 rings (SSSR count). The predicted octanol–water partition coefficient (Wildman–Crippen LogP) is 2.03. The average molecular weight is 336 g/mol. The number of fused-ring (bicyclic) bond motifs is 3. The van der Waals surface area contributed by atoms with E-state index in [9.17, 15) is 20.4 Å². The van der Waals surface area contributed by atoms with Gasteiger partial charge in [-0.15, -0.1) is 0 Å². The molecule has 2 saturated carbocycles. The Labute approximate surface area is 144 Å². The van der Waals surface area contributed by atoms with Crippen LogP contribution in [0.2, 0.25) is 0 Å². The second-order valence-corrected chi connectivity index (χ2v) is 8.79. The minimum absolute atomic E-state index is 0.0235. The molecular formula is C20H32O4. The highest BCUT2D eigenvalue weighted by atomic mass is 16.3.